The Morgan fingerprint density at radius 3 is 1.33 bits per heavy atom. The summed E-state index contributed by atoms with van der Waals surface area (Å²) < 4.78 is 112. The number of halogens is 7. The van der Waals surface area contributed by atoms with E-state index >= 15 is 0 Å². The average Bonchev–Trinajstić information content (AvgIpc) is 3.64. The van der Waals surface area contributed by atoms with Gasteiger partial charge in [-0.05, 0) is 42.5 Å². The van der Waals surface area contributed by atoms with Crippen LogP contribution in [0.3, 0.4) is 0 Å². The van der Waals surface area contributed by atoms with E-state index in [0.717, 1.165) is 37.7 Å². The van der Waals surface area contributed by atoms with Crippen molar-refractivity contribution in [3.05, 3.63) is 204 Å². The number of alkyl halides is 7. The van der Waals surface area contributed by atoms with Gasteiger partial charge in [0.05, 0.1) is 16.6 Å². The number of fused-ring (bicyclic) bond motifs is 4. The normalized spacial score (nSPS) is 12.1. The van der Waals surface area contributed by atoms with Crippen LogP contribution in [0.5, 0.6) is 5.75 Å². The van der Waals surface area contributed by atoms with Crippen molar-refractivity contribution in [2.24, 2.45) is 0 Å². The van der Waals surface area contributed by atoms with E-state index in [-0.39, 0.29) is 60.6 Å². The fourth-order valence-electron chi connectivity index (χ4n) is 7.58. The Bertz CT molecular complexity index is 3100. The van der Waals surface area contributed by atoms with Crippen molar-refractivity contribution in [2.75, 3.05) is 0 Å². The van der Waals surface area contributed by atoms with E-state index < -0.39 is 53.2 Å². The van der Waals surface area contributed by atoms with Crippen molar-refractivity contribution in [2.45, 2.75) is 18.0 Å². The summed E-state index contributed by atoms with van der Waals surface area (Å²) in [6.07, 6.45) is -6.83. The fourth-order valence-corrected chi connectivity index (χ4v) is 10.2. The zero-order chi connectivity index (χ0) is 44.7. The number of Topliss-reactive ketones (excluding diaryl/α,β-unsaturated/α-hetero) is 1. The van der Waals surface area contributed by atoms with Crippen molar-refractivity contribution in [1.29, 1.82) is 0 Å². The third-order valence-electron chi connectivity index (χ3n) is 10.6. The molecule has 1 radical (unpaired) electrons. The molecule has 0 bridgehead atoms. The standard InChI is InChI=1S/C31H17F7N2O3.C18H15OP.Eu/c32-29(33,30(34,35)31(36,37)38)27(42)25-26(41)21-15-14-18(16-24(21)40(28(25)43)17-8-2-1-3-9-17)39-22-12-6-4-10-19(22)20-11-5-7-13-23(20)39;19-20(16-10-4-1-5-11-16,17-12-6-2-7-13-17)18-14-8-3-9-15-18;/h1-16,41H;1-15H;. The van der Waals surface area contributed by atoms with Crippen LogP contribution in [0.4, 0.5) is 30.7 Å². The van der Waals surface area contributed by atoms with Gasteiger partial charge in [0.15, 0.2) is 7.14 Å². The molecular formula is C49H32EuF7N2O4P. The molecule has 6 nitrogen and oxygen atoms in total. The number of rotatable bonds is 8. The van der Waals surface area contributed by atoms with Crippen molar-refractivity contribution in [3.63, 3.8) is 0 Å². The third-order valence-corrected chi connectivity index (χ3v) is 13.7. The van der Waals surface area contributed by atoms with E-state index in [9.17, 15) is 50.0 Å². The Balaban J connectivity index is 0.000000244. The molecular weight excluding hydrogens is 996 g/mol. The zero-order valence-electron chi connectivity index (χ0n) is 32.9. The summed E-state index contributed by atoms with van der Waals surface area (Å²) in [5.74, 6) is -17.9. The van der Waals surface area contributed by atoms with Gasteiger partial charge in [-0.2, -0.15) is 30.7 Å². The van der Waals surface area contributed by atoms with Gasteiger partial charge in [-0.3, -0.25) is 14.2 Å². The van der Waals surface area contributed by atoms with Crippen LogP contribution in [0, 0.1) is 49.4 Å². The second kappa shape index (κ2) is 18.1. The van der Waals surface area contributed by atoms with Gasteiger partial charge < -0.3 is 14.2 Å². The van der Waals surface area contributed by atoms with Crippen LogP contribution in [0.25, 0.3) is 44.1 Å². The minimum atomic E-state index is -6.83. The van der Waals surface area contributed by atoms with Gasteiger partial charge >= 0.3 is 18.0 Å². The van der Waals surface area contributed by atoms with Crippen LogP contribution in [0.15, 0.2) is 193 Å². The van der Waals surface area contributed by atoms with E-state index in [1.165, 1.54) is 42.5 Å². The number of aromatic hydroxyl groups is 1. The van der Waals surface area contributed by atoms with Crippen LogP contribution in [-0.4, -0.2) is 38.0 Å². The molecule has 64 heavy (non-hydrogen) atoms. The number of para-hydroxylation sites is 3. The SMILES string of the molecule is O=C(c1c(O)c2ccc(-n3c4ccccc4c4ccccc43)cc2n(-c2ccccc2)c1=O)C(F)(F)C(F)(F)C(F)(F)F.O=P(c1ccccc1)(c1ccccc1)c1ccccc1.[Eu]. The molecule has 2 heterocycles. The molecule has 0 fully saturated rings. The average molecular weight is 1030 g/mol. The first-order chi connectivity index (χ1) is 30.1. The largest absolute Gasteiger partial charge is 0.506 e. The molecule has 9 aromatic rings. The van der Waals surface area contributed by atoms with Crippen LogP contribution < -0.4 is 21.5 Å². The second-order valence-electron chi connectivity index (χ2n) is 14.4. The molecule has 7 aromatic carbocycles. The summed E-state index contributed by atoms with van der Waals surface area (Å²) in [7, 11) is -2.78. The number of benzene rings is 7. The first-order valence-corrected chi connectivity index (χ1v) is 20.9. The third kappa shape index (κ3) is 7.95. The minimum Gasteiger partial charge on any atom is -0.506 e. The Morgan fingerprint density at radius 1 is 0.484 bits per heavy atom. The Labute approximate surface area is 401 Å². The fraction of sp³-hybridized carbons (Fsp3) is 0.0612. The predicted octanol–water partition coefficient (Wildman–Crippen LogP) is 11.1. The maximum Gasteiger partial charge on any atom is 0.460 e. The molecule has 0 spiro atoms. The number of pyridine rings is 1. The van der Waals surface area contributed by atoms with Crippen LogP contribution in [-0.2, 0) is 4.57 Å². The van der Waals surface area contributed by atoms with Gasteiger partial charge in [-0.15, -0.1) is 0 Å². The summed E-state index contributed by atoms with van der Waals surface area (Å²) in [4.78, 5) is 26.3. The zero-order valence-corrected chi connectivity index (χ0v) is 36.3. The van der Waals surface area contributed by atoms with E-state index in [1.807, 2.05) is 132 Å². The van der Waals surface area contributed by atoms with E-state index in [1.54, 1.807) is 18.2 Å². The Hall–Kier alpha value is -5.66. The summed E-state index contributed by atoms with van der Waals surface area (Å²) >= 11 is 0. The van der Waals surface area contributed by atoms with Gasteiger partial charge in [0.25, 0.3) is 5.56 Å². The van der Waals surface area contributed by atoms with Gasteiger partial charge in [0.2, 0.25) is 5.78 Å². The predicted molar refractivity (Wildman–Crippen MR) is 232 cm³/mol. The van der Waals surface area contributed by atoms with Crippen molar-refractivity contribution < 1.29 is 94.6 Å². The summed E-state index contributed by atoms with van der Waals surface area (Å²) in [6.45, 7) is 0. The Kier molecular flexibility index (Phi) is 13.1. The molecule has 0 saturated heterocycles. The number of hydrogen-bond donors (Lipinski definition) is 1. The van der Waals surface area contributed by atoms with Crippen molar-refractivity contribution >= 4 is 61.5 Å². The maximum atomic E-state index is 14.5. The summed E-state index contributed by atoms with van der Waals surface area (Å²) in [6, 6.07) is 55.1. The summed E-state index contributed by atoms with van der Waals surface area (Å²) in [5.41, 5.74) is -1.84. The first-order valence-electron chi connectivity index (χ1n) is 19.2. The molecule has 0 unspecified atom stereocenters. The number of aromatic nitrogens is 2. The molecule has 0 atom stereocenters. The number of nitrogens with zero attached hydrogens (tertiary/aromatic N) is 2. The molecule has 0 aliphatic rings. The van der Waals surface area contributed by atoms with Crippen LogP contribution >= 0.6 is 7.14 Å². The molecule has 1 N–H and O–H groups in total. The molecule has 0 amide bonds. The minimum absolute atomic E-state index is 0. The summed E-state index contributed by atoms with van der Waals surface area (Å²) in [5, 5.41) is 14.8. The first kappa shape index (κ1) is 46.3. The topological polar surface area (TPSA) is 81.3 Å². The van der Waals surface area contributed by atoms with Gasteiger partial charge in [0.1, 0.15) is 11.3 Å². The Morgan fingerprint density at radius 2 is 0.891 bits per heavy atom. The number of carbonyl (C=O) groups is 1. The van der Waals surface area contributed by atoms with Gasteiger partial charge in [0, 0.05) is 92.8 Å². The van der Waals surface area contributed by atoms with E-state index in [0.29, 0.717) is 10.3 Å². The van der Waals surface area contributed by atoms with Crippen LogP contribution in [0.2, 0.25) is 0 Å². The molecule has 0 aliphatic heterocycles. The van der Waals surface area contributed by atoms with E-state index in [4.69, 9.17) is 0 Å². The number of ketones is 1. The molecule has 0 aliphatic carbocycles. The van der Waals surface area contributed by atoms with Crippen molar-refractivity contribution in [1.82, 2.24) is 9.13 Å². The quantitative estimate of drug-likeness (QED) is 0.0934. The van der Waals surface area contributed by atoms with Gasteiger partial charge in [-0.1, -0.05) is 146 Å². The molecule has 0 saturated carbocycles. The van der Waals surface area contributed by atoms with E-state index in [2.05, 4.69) is 0 Å². The van der Waals surface area contributed by atoms with Crippen molar-refractivity contribution in [3.8, 4) is 17.1 Å². The monoisotopic (exact) mass is 1030 g/mol. The van der Waals surface area contributed by atoms with Crippen LogP contribution in [0.1, 0.15) is 10.4 Å². The molecule has 15 heteroatoms. The number of carbonyl (C=O) groups excluding carboxylic acids is 1. The molecule has 2 aromatic heterocycles. The smallest absolute Gasteiger partial charge is 0.460 e. The maximum absolute atomic E-state index is 14.5. The van der Waals surface area contributed by atoms with Gasteiger partial charge in [-0.25, -0.2) is 0 Å². The second-order valence-corrected chi connectivity index (χ2v) is 17.1. The molecule has 9 rings (SSSR count). The molecule has 323 valence electrons. The number of hydrogen-bond acceptors (Lipinski definition) is 4.